The molecule has 1 aromatic heterocycles. The van der Waals surface area contributed by atoms with Gasteiger partial charge in [-0.05, 0) is 22.0 Å². The number of halogens is 1. The van der Waals surface area contributed by atoms with E-state index in [1.807, 2.05) is 0 Å². The summed E-state index contributed by atoms with van der Waals surface area (Å²) in [5.74, 6) is -0.533. The third-order valence-corrected chi connectivity index (χ3v) is 4.50. The van der Waals surface area contributed by atoms with Crippen molar-refractivity contribution in [2.75, 3.05) is 13.7 Å². The van der Waals surface area contributed by atoms with E-state index in [-0.39, 0.29) is 12.6 Å². The summed E-state index contributed by atoms with van der Waals surface area (Å²) in [7, 11) is 0.209. The largest absolute Gasteiger partial charge is 0.463 e. The number of hydrogen-bond donors (Lipinski definition) is 0. The molecule has 102 valence electrons. The Labute approximate surface area is 116 Å². The second-order valence-electron chi connectivity index (χ2n) is 5.04. The molecule has 0 radical (unpaired) electrons. The maximum absolute atomic E-state index is 11.2. The number of carbonyl (C=O) groups is 1. The Morgan fingerprint density at radius 2 is 2.11 bits per heavy atom. The van der Waals surface area contributed by atoms with Crippen LogP contribution in [0.3, 0.4) is 0 Å². The number of methoxy groups -OCH3 is 1. The van der Waals surface area contributed by atoms with Crippen molar-refractivity contribution in [3.63, 3.8) is 0 Å². The van der Waals surface area contributed by atoms with Gasteiger partial charge in [0.2, 0.25) is 0 Å². The molecule has 0 aliphatic carbocycles. The van der Waals surface area contributed by atoms with Crippen LogP contribution in [-0.2, 0) is 16.2 Å². The van der Waals surface area contributed by atoms with E-state index in [4.69, 9.17) is 4.74 Å². The Hall–Kier alpha value is -0.733. The Kier molecular flexibility index (Phi) is 5.48. The third-order valence-electron chi connectivity index (χ3n) is 2.20. The molecule has 0 aromatic carbocycles. The number of nitrogens with zero attached hydrogens (tertiary/aromatic N) is 3. The summed E-state index contributed by atoms with van der Waals surface area (Å²) >= 11 is 3.22. The second kappa shape index (κ2) is 6.44. The van der Waals surface area contributed by atoms with Gasteiger partial charge in [0.15, 0.2) is 4.73 Å². The normalized spacial score (nSPS) is 11.6. The number of esters is 1. The molecule has 0 atom stereocenters. The van der Waals surface area contributed by atoms with E-state index < -0.39 is 14.0 Å². The minimum atomic E-state index is -1.08. The maximum atomic E-state index is 11.2. The molecule has 0 N–H and O–H groups in total. The molecule has 0 saturated heterocycles. The van der Waals surface area contributed by atoms with Crippen LogP contribution >= 0.6 is 15.9 Å². The number of ether oxygens (including phenoxy) is 2. The Balaban J connectivity index is 2.48. The molecule has 0 aliphatic heterocycles. The van der Waals surface area contributed by atoms with E-state index in [0.717, 1.165) is 6.04 Å². The lowest BCUT2D eigenvalue weighted by Crippen LogP contribution is -2.22. The second-order valence-corrected chi connectivity index (χ2v) is 11.4. The first-order valence-corrected chi connectivity index (χ1v) is 10.1. The summed E-state index contributed by atoms with van der Waals surface area (Å²) in [6.07, 6.45) is 0. The molecular formula is C10H18BrN3O3Si. The van der Waals surface area contributed by atoms with Crippen LogP contribution < -0.4 is 0 Å². The molecule has 6 nitrogen and oxygen atoms in total. The van der Waals surface area contributed by atoms with Crippen molar-refractivity contribution < 1.29 is 14.3 Å². The van der Waals surface area contributed by atoms with Crippen molar-refractivity contribution in [3.8, 4) is 0 Å². The smallest absolute Gasteiger partial charge is 0.377 e. The quantitative estimate of drug-likeness (QED) is 0.452. The van der Waals surface area contributed by atoms with E-state index in [9.17, 15) is 4.79 Å². The molecule has 8 heteroatoms. The highest BCUT2D eigenvalue weighted by molar-refractivity contribution is 9.10. The molecule has 18 heavy (non-hydrogen) atoms. The lowest BCUT2D eigenvalue weighted by molar-refractivity contribution is 0.0577. The summed E-state index contributed by atoms with van der Waals surface area (Å²) in [5.41, 5.74) is 0. The van der Waals surface area contributed by atoms with Crippen LogP contribution in [-0.4, -0.2) is 42.5 Å². The predicted octanol–water partition coefficient (Wildman–Crippen LogP) is 2.14. The fourth-order valence-electron chi connectivity index (χ4n) is 1.11. The van der Waals surface area contributed by atoms with Gasteiger partial charge >= 0.3 is 5.97 Å². The number of aromatic nitrogens is 3. The molecule has 1 rings (SSSR count). The van der Waals surface area contributed by atoms with Gasteiger partial charge in [0, 0.05) is 14.7 Å². The molecule has 0 spiro atoms. The zero-order chi connectivity index (χ0) is 13.8. The highest BCUT2D eigenvalue weighted by Gasteiger charge is 2.16. The predicted molar refractivity (Wildman–Crippen MR) is 73.2 cm³/mol. The van der Waals surface area contributed by atoms with Crippen LogP contribution in [0, 0.1) is 0 Å². The minimum absolute atomic E-state index is 0.0261. The molecule has 1 heterocycles. The SMILES string of the molecule is COC(=O)c1nc(Br)n(COCC[Si](C)(C)C)n1. The Bertz CT molecular complexity index is 417. The van der Waals surface area contributed by atoms with Gasteiger partial charge in [0.05, 0.1) is 7.11 Å². The first kappa shape index (κ1) is 15.3. The van der Waals surface area contributed by atoms with E-state index in [0.29, 0.717) is 11.3 Å². The average Bonchev–Trinajstić information content (AvgIpc) is 2.64. The van der Waals surface area contributed by atoms with Gasteiger partial charge in [-0.25, -0.2) is 9.48 Å². The van der Waals surface area contributed by atoms with E-state index in [2.05, 4.69) is 50.4 Å². The molecule has 0 amide bonds. The fraction of sp³-hybridized carbons (Fsp3) is 0.700. The van der Waals surface area contributed by atoms with E-state index in [1.165, 1.54) is 11.8 Å². The highest BCUT2D eigenvalue weighted by Crippen LogP contribution is 2.10. The standard InChI is InChI=1S/C10H18BrN3O3Si/c1-16-9(15)8-12-10(11)14(13-8)7-17-5-6-18(2,3)4/h5-7H2,1-4H3. The van der Waals surface area contributed by atoms with Crippen molar-refractivity contribution in [2.24, 2.45) is 0 Å². The van der Waals surface area contributed by atoms with Gasteiger partial charge in [-0.2, -0.15) is 4.98 Å². The lowest BCUT2D eigenvalue weighted by Gasteiger charge is -2.15. The van der Waals surface area contributed by atoms with Crippen LogP contribution in [0.4, 0.5) is 0 Å². The zero-order valence-corrected chi connectivity index (χ0v) is 13.7. The molecule has 0 fully saturated rings. The monoisotopic (exact) mass is 335 g/mol. The van der Waals surface area contributed by atoms with Crippen molar-refractivity contribution in [1.82, 2.24) is 14.8 Å². The molecule has 0 saturated carbocycles. The zero-order valence-electron chi connectivity index (χ0n) is 11.1. The summed E-state index contributed by atoms with van der Waals surface area (Å²) in [4.78, 5) is 15.2. The average molecular weight is 336 g/mol. The van der Waals surface area contributed by atoms with Crippen molar-refractivity contribution in [1.29, 1.82) is 0 Å². The van der Waals surface area contributed by atoms with Crippen LogP contribution in [0.1, 0.15) is 10.6 Å². The summed E-state index contributed by atoms with van der Waals surface area (Å²) < 4.78 is 12.0. The van der Waals surface area contributed by atoms with Gasteiger partial charge < -0.3 is 9.47 Å². The molecule has 0 bridgehead atoms. The molecular weight excluding hydrogens is 318 g/mol. The van der Waals surface area contributed by atoms with Crippen LogP contribution in [0.5, 0.6) is 0 Å². The number of carbonyl (C=O) groups excluding carboxylic acids is 1. The number of rotatable bonds is 6. The van der Waals surface area contributed by atoms with Gasteiger partial charge in [-0.1, -0.05) is 19.6 Å². The molecule has 0 unspecified atom stereocenters. The van der Waals surface area contributed by atoms with Crippen molar-refractivity contribution in [2.45, 2.75) is 32.4 Å². The van der Waals surface area contributed by atoms with Crippen molar-refractivity contribution in [3.05, 3.63) is 10.6 Å². The highest BCUT2D eigenvalue weighted by atomic mass is 79.9. The van der Waals surface area contributed by atoms with E-state index >= 15 is 0 Å². The first-order chi connectivity index (χ1) is 8.33. The maximum Gasteiger partial charge on any atom is 0.377 e. The van der Waals surface area contributed by atoms with Gasteiger partial charge in [-0.15, -0.1) is 5.10 Å². The van der Waals surface area contributed by atoms with Gasteiger partial charge in [0.1, 0.15) is 6.73 Å². The molecule has 1 aromatic rings. The Morgan fingerprint density at radius 3 is 2.67 bits per heavy atom. The lowest BCUT2D eigenvalue weighted by atomic mass is 10.6. The van der Waals surface area contributed by atoms with Crippen LogP contribution in [0.25, 0.3) is 0 Å². The van der Waals surface area contributed by atoms with Gasteiger partial charge in [-0.3, -0.25) is 0 Å². The molecule has 0 aliphatic rings. The summed E-state index contributed by atoms with van der Waals surface area (Å²) in [6.45, 7) is 7.83. The topological polar surface area (TPSA) is 66.2 Å². The first-order valence-electron chi connectivity index (χ1n) is 5.60. The van der Waals surface area contributed by atoms with Crippen LogP contribution in [0.2, 0.25) is 25.7 Å². The van der Waals surface area contributed by atoms with E-state index in [1.54, 1.807) is 0 Å². The number of hydrogen-bond acceptors (Lipinski definition) is 5. The van der Waals surface area contributed by atoms with Crippen LogP contribution in [0.15, 0.2) is 4.73 Å². The van der Waals surface area contributed by atoms with Gasteiger partial charge in [0.25, 0.3) is 5.82 Å². The minimum Gasteiger partial charge on any atom is -0.463 e. The summed E-state index contributed by atoms with van der Waals surface area (Å²) in [6, 6.07) is 1.09. The fourth-order valence-corrected chi connectivity index (χ4v) is 2.22. The summed E-state index contributed by atoms with van der Waals surface area (Å²) in [5, 5.41) is 3.99. The third kappa shape index (κ3) is 4.87. The Morgan fingerprint density at radius 1 is 1.44 bits per heavy atom. The van der Waals surface area contributed by atoms with Crippen molar-refractivity contribution >= 4 is 30.0 Å².